The minimum absolute atomic E-state index is 0.607. The minimum atomic E-state index is 0.607. The van der Waals surface area contributed by atoms with Gasteiger partial charge in [0.25, 0.3) is 0 Å². The topological polar surface area (TPSA) is 44.0 Å². The third kappa shape index (κ3) is 5.37. The highest BCUT2D eigenvalue weighted by atomic mass is 35.5. The molecule has 2 N–H and O–H groups in total. The second-order valence-electron chi connectivity index (χ2n) is 7.35. The van der Waals surface area contributed by atoms with Gasteiger partial charge in [-0.3, -0.25) is 4.98 Å². The molecule has 7 heteroatoms. The molecule has 0 bridgehead atoms. The van der Waals surface area contributed by atoms with Gasteiger partial charge in [0.2, 0.25) is 0 Å². The smallest absolute Gasteiger partial charge is 0.173 e. The lowest BCUT2D eigenvalue weighted by Crippen LogP contribution is -2.36. The molecule has 0 aliphatic heterocycles. The van der Waals surface area contributed by atoms with Crippen LogP contribution in [0.4, 0.5) is 5.69 Å². The zero-order valence-electron chi connectivity index (χ0n) is 17.0. The zero-order valence-corrected chi connectivity index (χ0v) is 19.4. The van der Waals surface area contributed by atoms with E-state index < -0.39 is 0 Å². The van der Waals surface area contributed by atoms with Crippen molar-refractivity contribution in [1.29, 1.82) is 0 Å². The highest BCUT2D eigenvalue weighted by molar-refractivity contribution is 7.80. The second kappa shape index (κ2) is 9.69. The number of nitrogens with one attached hydrogen (secondary N) is 2. The molecule has 0 saturated heterocycles. The SMILES string of the molecule is Cc1[nH]c2ccc(Cl)cc2c1CCN(Cc1ccccn1)C(=S)Nc1cccc(Cl)c1. The highest BCUT2D eigenvalue weighted by Gasteiger charge is 2.15. The number of rotatable bonds is 6. The average Bonchev–Trinajstić information content (AvgIpc) is 3.06. The van der Waals surface area contributed by atoms with Gasteiger partial charge in [-0.1, -0.05) is 35.3 Å². The molecule has 2 aromatic carbocycles. The van der Waals surface area contributed by atoms with Crippen LogP contribution in [0.2, 0.25) is 10.0 Å². The van der Waals surface area contributed by atoms with Crippen LogP contribution >= 0.6 is 35.4 Å². The van der Waals surface area contributed by atoms with E-state index in [1.165, 1.54) is 5.56 Å². The summed E-state index contributed by atoms with van der Waals surface area (Å²) >= 11 is 18.1. The van der Waals surface area contributed by atoms with Gasteiger partial charge < -0.3 is 15.2 Å². The number of hydrogen-bond acceptors (Lipinski definition) is 2. The van der Waals surface area contributed by atoms with Gasteiger partial charge in [-0.05, 0) is 79.7 Å². The molecule has 2 aromatic heterocycles. The van der Waals surface area contributed by atoms with E-state index in [1.807, 2.05) is 60.7 Å². The van der Waals surface area contributed by atoms with Crippen molar-refractivity contribution in [1.82, 2.24) is 14.9 Å². The van der Waals surface area contributed by atoms with Crippen LogP contribution in [-0.2, 0) is 13.0 Å². The van der Waals surface area contributed by atoms with Crippen molar-refractivity contribution in [2.24, 2.45) is 0 Å². The number of anilines is 1. The molecule has 158 valence electrons. The minimum Gasteiger partial charge on any atom is -0.358 e. The van der Waals surface area contributed by atoms with E-state index in [4.69, 9.17) is 35.4 Å². The van der Waals surface area contributed by atoms with E-state index in [9.17, 15) is 0 Å². The number of nitrogens with zero attached hydrogens (tertiary/aromatic N) is 2. The van der Waals surface area contributed by atoms with Crippen LogP contribution in [0.3, 0.4) is 0 Å². The molecule has 0 radical (unpaired) electrons. The fourth-order valence-corrected chi connectivity index (χ4v) is 4.27. The number of benzene rings is 2. The van der Waals surface area contributed by atoms with Gasteiger partial charge in [-0.2, -0.15) is 0 Å². The molecule has 2 heterocycles. The van der Waals surface area contributed by atoms with Crippen molar-refractivity contribution in [2.45, 2.75) is 19.9 Å². The predicted octanol–water partition coefficient (Wildman–Crippen LogP) is 6.62. The predicted molar refractivity (Wildman–Crippen MR) is 134 cm³/mol. The summed E-state index contributed by atoms with van der Waals surface area (Å²) in [4.78, 5) is 10.0. The molecule has 0 amide bonds. The van der Waals surface area contributed by atoms with Crippen LogP contribution in [0.1, 0.15) is 17.0 Å². The molecule has 31 heavy (non-hydrogen) atoms. The lowest BCUT2D eigenvalue weighted by Gasteiger charge is -2.26. The fraction of sp³-hybridized carbons (Fsp3) is 0.167. The summed E-state index contributed by atoms with van der Waals surface area (Å²) in [6.45, 7) is 3.42. The largest absolute Gasteiger partial charge is 0.358 e. The maximum atomic E-state index is 6.25. The summed E-state index contributed by atoms with van der Waals surface area (Å²) in [7, 11) is 0. The summed E-state index contributed by atoms with van der Waals surface area (Å²) in [6.07, 6.45) is 2.61. The highest BCUT2D eigenvalue weighted by Crippen LogP contribution is 2.26. The number of thiocarbonyl (C=S) groups is 1. The molecule has 0 unspecified atom stereocenters. The van der Waals surface area contributed by atoms with E-state index in [2.05, 4.69) is 27.1 Å². The zero-order chi connectivity index (χ0) is 21.8. The number of pyridine rings is 1. The van der Waals surface area contributed by atoms with Gasteiger partial charge >= 0.3 is 0 Å². The Balaban J connectivity index is 1.56. The van der Waals surface area contributed by atoms with Crippen LogP contribution in [0.5, 0.6) is 0 Å². The first kappa shape index (κ1) is 21.6. The van der Waals surface area contributed by atoms with Gasteiger partial charge in [0, 0.05) is 45.1 Å². The first-order valence-corrected chi connectivity index (χ1v) is 11.1. The first-order valence-electron chi connectivity index (χ1n) is 9.98. The Morgan fingerprint density at radius 1 is 1.06 bits per heavy atom. The number of aryl methyl sites for hydroxylation is 1. The Bertz CT molecular complexity index is 1210. The summed E-state index contributed by atoms with van der Waals surface area (Å²) in [5.41, 5.74) is 5.29. The van der Waals surface area contributed by atoms with Crippen molar-refractivity contribution in [3.8, 4) is 0 Å². The normalized spacial score (nSPS) is 10.9. The molecule has 0 spiro atoms. The lowest BCUT2D eigenvalue weighted by molar-refractivity contribution is 0.417. The molecule has 0 aliphatic carbocycles. The monoisotopic (exact) mass is 468 g/mol. The molecule has 4 rings (SSSR count). The van der Waals surface area contributed by atoms with Crippen molar-refractivity contribution < 1.29 is 0 Å². The summed E-state index contributed by atoms with van der Waals surface area (Å²) < 4.78 is 0. The molecule has 4 aromatic rings. The van der Waals surface area contributed by atoms with E-state index >= 15 is 0 Å². The number of aromatic amines is 1. The molecular formula is C24H22Cl2N4S. The van der Waals surface area contributed by atoms with Crippen molar-refractivity contribution in [2.75, 3.05) is 11.9 Å². The number of halogens is 2. The summed E-state index contributed by atoms with van der Waals surface area (Å²) in [6, 6.07) is 19.4. The van der Waals surface area contributed by atoms with Crippen molar-refractivity contribution in [3.05, 3.63) is 93.9 Å². The van der Waals surface area contributed by atoms with E-state index in [-0.39, 0.29) is 0 Å². The number of hydrogen-bond donors (Lipinski definition) is 2. The van der Waals surface area contributed by atoms with Crippen LogP contribution in [0.15, 0.2) is 66.9 Å². The molecule has 0 saturated carbocycles. The first-order chi connectivity index (χ1) is 15.0. The third-order valence-electron chi connectivity index (χ3n) is 5.16. The average molecular weight is 469 g/mol. The van der Waals surface area contributed by atoms with Crippen LogP contribution in [0.25, 0.3) is 10.9 Å². The summed E-state index contributed by atoms with van der Waals surface area (Å²) in [5.74, 6) is 0. The van der Waals surface area contributed by atoms with Crippen LogP contribution in [-0.4, -0.2) is 26.5 Å². The molecule has 0 atom stereocenters. The third-order valence-corrected chi connectivity index (χ3v) is 5.99. The van der Waals surface area contributed by atoms with Crippen molar-refractivity contribution in [3.63, 3.8) is 0 Å². The number of H-pyrrole nitrogens is 1. The van der Waals surface area contributed by atoms with Gasteiger partial charge in [0.1, 0.15) is 0 Å². The number of aromatic nitrogens is 2. The Hall–Kier alpha value is -2.60. The van der Waals surface area contributed by atoms with Gasteiger partial charge in [0.05, 0.1) is 12.2 Å². The van der Waals surface area contributed by atoms with Crippen molar-refractivity contribution >= 4 is 57.1 Å². The van der Waals surface area contributed by atoms with Crippen LogP contribution < -0.4 is 5.32 Å². The fourth-order valence-electron chi connectivity index (χ4n) is 3.63. The van der Waals surface area contributed by atoms with E-state index in [0.717, 1.165) is 46.0 Å². The van der Waals surface area contributed by atoms with E-state index in [0.29, 0.717) is 16.7 Å². The Kier molecular flexibility index (Phi) is 6.76. The second-order valence-corrected chi connectivity index (χ2v) is 8.61. The standard InChI is InChI=1S/C24H22Cl2N4S/c1-16-21(22-14-18(26)8-9-23(22)28-16)10-12-30(15-20-6-2-3-11-27-20)24(31)29-19-7-4-5-17(25)13-19/h2-9,11,13-14,28H,10,12,15H2,1H3,(H,29,31). The van der Waals surface area contributed by atoms with Gasteiger partial charge in [0.15, 0.2) is 5.11 Å². The lowest BCUT2D eigenvalue weighted by atomic mass is 10.1. The van der Waals surface area contributed by atoms with Gasteiger partial charge in [-0.15, -0.1) is 0 Å². The molecule has 4 nitrogen and oxygen atoms in total. The van der Waals surface area contributed by atoms with Crippen LogP contribution in [0, 0.1) is 6.92 Å². The van der Waals surface area contributed by atoms with Gasteiger partial charge in [-0.25, -0.2) is 0 Å². The Labute approximate surface area is 197 Å². The maximum absolute atomic E-state index is 6.25. The van der Waals surface area contributed by atoms with E-state index in [1.54, 1.807) is 6.20 Å². The Morgan fingerprint density at radius 2 is 1.90 bits per heavy atom. The molecule has 0 fully saturated rings. The molecule has 0 aliphatic rings. The Morgan fingerprint density at radius 3 is 2.68 bits per heavy atom. The quantitative estimate of drug-likeness (QED) is 0.312. The summed E-state index contributed by atoms with van der Waals surface area (Å²) in [5, 5.41) is 6.48. The number of fused-ring (bicyclic) bond motifs is 1. The molecular weight excluding hydrogens is 447 g/mol. The maximum Gasteiger partial charge on any atom is 0.173 e.